The average molecular weight is 320 g/mol. The van der Waals surface area contributed by atoms with Gasteiger partial charge in [-0.25, -0.2) is 0 Å². The lowest BCUT2D eigenvalue weighted by molar-refractivity contribution is 0.373. The number of benzene rings is 1. The molecule has 0 spiro atoms. The maximum Gasteiger partial charge on any atom is 0.119 e. The summed E-state index contributed by atoms with van der Waals surface area (Å²) in [6, 6.07) is 6.04. The number of methoxy groups -OCH3 is 1. The highest BCUT2D eigenvalue weighted by atomic mass is 79.9. The highest BCUT2D eigenvalue weighted by molar-refractivity contribution is 9.10. The molecular weight excluding hydrogens is 300 g/mol. The lowest BCUT2D eigenvalue weighted by atomic mass is 9.88. The molecule has 0 heterocycles. The first-order valence-corrected chi connectivity index (χ1v) is 7.04. The van der Waals surface area contributed by atoms with Crippen molar-refractivity contribution in [2.45, 2.75) is 39.0 Å². The smallest absolute Gasteiger partial charge is 0.119 e. The number of ether oxygens (including phenoxy) is 1. The van der Waals surface area contributed by atoms with E-state index in [0.29, 0.717) is 0 Å². The minimum Gasteiger partial charge on any atom is -0.497 e. The molecular formula is C14H20BrClO. The van der Waals surface area contributed by atoms with Gasteiger partial charge >= 0.3 is 0 Å². The predicted molar refractivity (Wildman–Crippen MR) is 78.1 cm³/mol. The molecule has 0 aliphatic rings. The number of hydrogen-bond acceptors (Lipinski definition) is 1. The number of halogens is 2. The maximum atomic E-state index is 6.39. The van der Waals surface area contributed by atoms with Crippen molar-refractivity contribution in [3.05, 3.63) is 28.2 Å². The van der Waals surface area contributed by atoms with Crippen LogP contribution in [0.25, 0.3) is 0 Å². The van der Waals surface area contributed by atoms with Gasteiger partial charge in [-0.2, -0.15) is 0 Å². The molecule has 1 nitrogen and oxygen atoms in total. The minimum absolute atomic E-state index is 0.146. The van der Waals surface area contributed by atoms with E-state index < -0.39 is 0 Å². The summed E-state index contributed by atoms with van der Waals surface area (Å²) in [5, 5.41) is 0.181. The van der Waals surface area contributed by atoms with Crippen LogP contribution in [-0.2, 0) is 6.42 Å². The van der Waals surface area contributed by atoms with E-state index in [0.717, 1.165) is 23.1 Å². The van der Waals surface area contributed by atoms with Crippen LogP contribution in [0.4, 0.5) is 0 Å². The van der Waals surface area contributed by atoms with Gasteiger partial charge in [0.15, 0.2) is 0 Å². The number of rotatable bonds is 4. The summed E-state index contributed by atoms with van der Waals surface area (Å²) in [6.45, 7) is 6.52. The first-order valence-electron chi connectivity index (χ1n) is 5.81. The first-order chi connectivity index (χ1) is 7.84. The molecule has 0 aromatic heterocycles. The molecule has 0 aliphatic heterocycles. The fraction of sp³-hybridized carbons (Fsp3) is 0.571. The van der Waals surface area contributed by atoms with E-state index >= 15 is 0 Å². The van der Waals surface area contributed by atoms with Crippen LogP contribution in [-0.4, -0.2) is 12.5 Å². The zero-order valence-corrected chi connectivity index (χ0v) is 13.2. The summed E-state index contributed by atoms with van der Waals surface area (Å²) in [7, 11) is 1.69. The van der Waals surface area contributed by atoms with Crippen molar-refractivity contribution in [1.82, 2.24) is 0 Å². The van der Waals surface area contributed by atoms with Crippen molar-refractivity contribution in [2.75, 3.05) is 7.11 Å². The largest absolute Gasteiger partial charge is 0.497 e. The Hall–Kier alpha value is -0.210. The van der Waals surface area contributed by atoms with Gasteiger partial charge in [0.2, 0.25) is 0 Å². The Bertz CT molecular complexity index is 371. The van der Waals surface area contributed by atoms with Gasteiger partial charge in [0.25, 0.3) is 0 Å². The third-order valence-electron chi connectivity index (χ3n) is 2.86. The molecule has 0 saturated carbocycles. The summed E-state index contributed by atoms with van der Waals surface area (Å²) in [6.07, 6.45) is 1.93. The molecule has 0 amide bonds. The molecule has 0 radical (unpaired) electrons. The molecule has 1 atom stereocenters. The van der Waals surface area contributed by atoms with E-state index in [1.807, 2.05) is 12.1 Å². The van der Waals surface area contributed by atoms with Crippen molar-refractivity contribution in [2.24, 2.45) is 5.41 Å². The van der Waals surface area contributed by atoms with Crippen LogP contribution >= 0.6 is 27.5 Å². The quantitative estimate of drug-likeness (QED) is 0.706. The summed E-state index contributed by atoms with van der Waals surface area (Å²) < 4.78 is 6.35. The Morgan fingerprint density at radius 3 is 2.53 bits per heavy atom. The highest BCUT2D eigenvalue weighted by Gasteiger charge is 2.22. The molecule has 17 heavy (non-hydrogen) atoms. The lowest BCUT2D eigenvalue weighted by Crippen LogP contribution is -2.21. The summed E-state index contributed by atoms with van der Waals surface area (Å²) in [5.41, 5.74) is 1.40. The fourth-order valence-electron chi connectivity index (χ4n) is 1.58. The van der Waals surface area contributed by atoms with E-state index in [1.165, 1.54) is 5.56 Å². The van der Waals surface area contributed by atoms with Crippen LogP contribution in [0.1, 0.15) is 32.8 Å². The summed E-state index contributed by atoms with van der Waals surface area (Å²) in [5.74, 6) is 0.894. The normalized spacial score (nSPS) is 13.5. The van der Waals surface area contributed by atoms with Gasteiger partial charge in [-0.1, -0.05) is 36.7 Å². The second kappa shape index (κ2) is 6.10. The molecule has 0 fully saturated rings. The molecule has 3 heteroatoms. The van der Waals surface area contributed by atoms with Gasteiger partial charge in [0.1, 0.15) is 5.75 Å². The highest BCUT2D eigenvalue weighted by Crippen LogP contribution is 2.30. The van der Waals surface area contributed by atoms with Crippen LogP contribution in [0.2, 0.25) is 0 Å². The molecule has 0 saturated heterocycles. The summed E-state index contributed by atoms with van der Waals surface area (Å²) >= 11 is 9.95. The minimum atomic E-state index is 0.146. The van der Waals surface area contributed by atoms with E-state index in [2.05, 4.69) is 42.8 Å². The van der Waals surface area contributed by atoms with Crippen molar-refractivity contribution < 1.29 is 4.74 Å². The molecule has 1 unspecified atom stereocenters. The van der Waals surface area contributed by atoms with Crippen LogP contribution in [0.5, 0.6) is 5.75 Å². The Morgan fingerprint density at radius 1 is 1.35 bits per heavy atom. The van der Waals surface area contributed by atoms with Crippen LogP contribution < -0.4 is 4.74 Å². The van der Waals surface area contributed by atoms with E-state index in [9.17, 15) is 0 Å². The zero-order valence-electron chi connectivity index (χ0n) is 10.9. The van der Waals surface area contributed by atoms with Gasteiger partial charge in [0, 0.05) is 9.85 Å². The second-order valence-electron chi connectivity index (χ2n) is 5.33. The Balaban J connectivity index is 2.69. The Labute approximate surface area is 118 Å². The molecule has 1 aromatic rings. The third kappa shape index (κ3) is 4.51. The van der Waals surface area contributed by atoms with E-state index in [4.69, 9.17) is 16.3 Å². The van der Waals surface area contributed by atoms with Crippen molar-refractivity contribution in [3.63, 3.8) is 0 Å². The van der Waals surface area contributed by atoms with Crippen LogP contribution in [0.3, 0.4) is 0 Å². The topological polar surface area (TPSA) is 9.23 Å². The number of aryl methyl sites for hydroxylation is 1. The van der Waals surface area contributed by atoms with Gasteiger partial charge in [0.05, 0.1) is 7.11 Å². The average Bonchev–Trinajstić information content (AvgIpc) is 2.26. The van der Waals surface area contributed by atoms with Crippen molar-refractivity contribution in [1.29, 1.82) is 0 Å². The number of hydrogen-bond donors (Lipinski definition) is 0. The molecule has 0 aliphatic carbocycles. The van der Waals surface area contributed by atoms with E-state index in [1.54, 1.807) is 7.11 Å². The Morgan fingerprint density at radius 2 is 2.00 bits per heavy atom. The second-order valence-corrected chi connectivity index (χ2v) is 6.71. The van der Waals surface area contributed by atoms with Gasteiger partial charge in [-0.05, 0) is 42.0 Å². The zero-order chi connectivity index (χ0) is 13.1. The monoisotopic (exact) mass is 318 g/mol. The van der Waals surface area contributed by atoms with Crippen molar-refractivity contribution in [3.8, 4) is 5.75 Å². The Kier molecular flexibility index (Phi) is 5.33. The van der Waals surface area contributed by atoms with Gasteiger partial charge in [-0.3, -0.25) is 0 Å². The third-order valence-corrected chi connectivity index (χ3v) is 4.51. The summed E-state index contributed by atoms with van der Waals surface area (Å²) in [4.78, 5) is 0. The molecule has 1 rings (SSSR count). The SMILES string of the molecule is COc1ccc(Br)c(CCC(Cl)C(C)(C)C)c1. The molecule has 0 bridgehead atoms. The van der Waals surface area contributed by atoms with Gasteiger partial charge in [-0.15, -0.1) is 11.6 Å². The molecule has 0 N–H and O–H groups in total. The fourth-order valence-corrected chi connectivity index (χ4v) is 2.14. The van der Waals surface area contributed by atoms with Crippen LogP contribution in [0, 0.1) is 5.41 Å². The lowest BCUT2D eigenvalue weighted by Gasteiger charge is -2.25. The predicted octanol–water partition coefficient (Wildman–Crippen LogP) is 5.04. The standard InChI is InChI=1S/C14H20BrClO/c1-14(2,3)13(16)8-5-10-9-11(17-4)6-7-12(10)15/h6-7,9,13H,5,8H2,1-4H3. The van der Waals surface area contributed by atoms with Gasteiger partial charge < -0.3 is 4.74 Å². The van der Waals surface area contributed by atoms with Crippen molar-refractivity contribution >= 4 is 27.5 Å². The first kappa shape index (κ1) is 14.8. The maximum absolute atomic E-state index is 6.39. The molecule has 1 aromatic carbocycles. The van der Waals surface area contributed by atoms with Crippen LogP contribution in [0.15, 0.2) is 22.7 Å². The van der Waals surface area contributed by atoms with E-state index in [-0.39, 0.29) is 10.8 Å². The number of alkyl halides is 1. The molecule has 96 valence electrons.